The van der Waals surface area contributed by atoms with Gasteiger partial charge < -0.3 is 14.9 Å². The first-order chi connectivity index (χ1) is 18.6. The van der Waals surface area contributed by atoms with Gasteiger partial charge in [-0.2, -0.15) is 0 Å². The summed E-state index contributed by atoms with van der Waals surface area (Å²) in [6, 6.07) is 4.83. The third-order valence-corrected chi connectivity index (χ3v) is 8.52. The smallest absolute Gasteiger partial charge is 0.303 e. The molecule has 4 unspecified atom stereocenters. The topological polar surface area (TPSA) is 138 Å². The highest BCUT2D eigenvalue weighted by Gasteiger charge is 2.55. The summed E-state index contributed by atoms with van der Waals surface area (Å²) >= 11 is 3.20. The van der Waals surface area contributed by atoms with E-state index < -0.39 is 29.6 Å². The first kappa shape index (κ1) is 26.8. The Morgan fingerprint density at radius 3 is 2.67 bits per heavy atom. The number of aliphatic carboxylic acids is 1. The summed E-state index contributed by atoms with van der Waals surface area (Å²) < 4.78 is 5.34. The van der Waals surface area contributed by atoms with Gasteiger partial charge in [-0.15, -0.1) is 0 Å². The molecule has 5 rings (SSSR count). The van der Waals surface area contributed by atoms with Crippen molar-refractivity contribution in [1.29, 1.82) is 0 Å². The zero-order valence-electron chi connectivity index (χ0n) is 21.1. The fraction of sp³-hybridized carbons (Fsp3) is 0.345. The number of carbonyl (C=O) groups is 5. The predicted octanol–water partition coefficient (Wildman–Crippen LogP) is 3.57. The number of phenols is 1. The summed E-state index contributed by atoms with van der Waals surface area (Å²) in [7, 11) is 1.44. The Labute approximate surface area is 232 Å². The van der Waals surface area contributed by atoms with Crippen LogP contribution >= 0.6 is 15.9 Å². The van der Waals surface area contributed by atoms with Gasteiger partial charge in [-0.25, -0.2) is 0 Å². The molecule has 0 bridgehead atoms. The molecule has 4 aliphatic rings. The Bertz CT molecular complexity index is 1430. The number of amides is 2. The van der Waals surface area contributed by atoms with E-state index in [9.17, 15) is 29.1 Å². The monoisotopic (exact) mass is 595 g/mol. The molecule has 10 heteroatoms. The van der Waals surface area contributed by atoms with Gasteiger partial charge in [-0.05, 0) is 58.8 Å². The van der Waals surface area contributed by atoms with Crippen LogP contribution in [0.5, 0.6) is 11.5 Å². The van der Waals surface area contributed by atoms with E-state index >= 15 is 0 Å². The van der Waals surface area contributed by atoms with Crippen LogP contribution in [-0.2, 0) is 24.0 Å². The Balaban J connectivity index is 1.53. The molecule has 3 aliphatic carbocycles. The largest absolute Gasteiger partial charge is 0.504 e. The minimum absolute atomic E-state index is 0.0150. The Morgan fingerprint density at radius 1 is 1.18 bits per heavy atom. The van der Waals surface area contributed by atoms with Gasteiger partial charge in [0.2, 0.25) is 11.8 Å². The maximum Gasteiger partial charge on any atom is 0.303 e. The van der Waals surface area contributed by atoms with E-state index in [1.54, 1.807) is 18.2 Å². The van der Waals surface area contributed by atoms with E-state index in [0.29, 0.717) is 23.1 Å². The maximum absolute atomic E-state index is 13.5. The predicted molar refractivity (Wildman–Crippen MR) is 143 cm³/mol. The number of rotatable bonds is 7. The number of benzene rings is 1. The van der Waals surface area contributed by atoms with Gasteiger partial charge in [0.1, 0.15) is 0 Å². The molecule has 1 aromatic rings. The molecular formula is C29H26BrNO8. The number of imide groups is 1. The number of hydrogen-bond acceptors (Lipinski definition) is 7. The number of carboxylic acid groups (broad SMARTS) is 1. The van der Waals surface area contributed by atoms with Gasteiger partial charge in [0.15, 0.2) is 23.1 Å². The molecule has 1 aromatic carbocycles. The van der Waals surface area contributed by atoms with E-state index in [4.69, 9.17) is 9.84 Å². The van der Waals surface area contributed by atoms with Gasteiger partial charge in [0.05, 0.1) is 23.4 Å². The number of aromatic hydroxyl groups is 1. The molecule has 0 spiro atoms. The van der Waals surface area contributed by atoms with Crippen LogP contribution in [0.2, 0.25) is 0 Å². The van der Waals surface area contributed by atoms with E-state index in [1.807, 2.05) is 12.2 Å². The molecule has 9 nitrogen and oxygen atoms in total. The maximum atomic E-state index is 13.5. The molecule has 0 aromatic heterocycles. The van der Waals surface area contributed by atoms with Crippen molar-refractivity contribution in [2.24, 2.45) is 23.7 Å². The number of likely N-dealkylation sites (tertiary alicyclic amines) is 1. The number of ketones is 2. The zero-order chi connectivity index (χ0) is 28.0. The molecule has 0 radical (unpaired) electrons. The summed E-state index contributed by atoms with van der Waals surface area (Å²) in [4.78, 5) is 65.2. The lowest BCUT2D eigenvalue weighted by atomic mass is 9.61. The van der Waals surface area contributed by atoms with Gasteiger partial charge in [0.25, 0.3) is 0 Å². The first-order valence-electron chi connectivity index (χ1n) is 12.6. The number of carbonyl (C=O) groups excluding carboxylic acids is 4. The number of phenolic OH excluding ortho intramolecular Hbond substituents is 1. The van der Waals surface area contributed by atoms with Gasteiger partial charge in [-0.3, -0.25) is 28.9 Å². The number of methoxy groups -OCH3 is 1. The fourth-order valence-corrected chi connectivity index (χ4v) is 6.61. The average molecular weight is 596 g/mol. The molecule has 1 fully saturated rings. The van der Waals surface area contributed by atoms with Crippen molar-refractivity contribution in [3.63, 3.8) is 0 Å². The third-order valence-electron chi connectivity index (χ3n) is 7.93. The van der Waals surface area contributed by atoms with Crippen molar-refractivity contribution in [3.8, 4) is 11.5 Å². The molecule has 1 aliphatic heterocycles. The summed E-state index contributed by atoms with van der Waals surface area (Å²) in [6.07, 6.45) is 7.26. The van der Waals surface area contributed by atoms with Crippen LogP contribution in [0.25, 0.3) is 6.08 Å². The highest BCUT2D eigenvalue weighted by Crippen LogP contribution is 2.53. The lowest BCUT2D eigenvalue weighted by molar-refractivity contribution is -0.142. The third kappa shape index (κ3) is 4.67. The minimum atomic E-state index is -0.998. The second-order valence-corrected chi connectivity index (χ2v) is 10.9. The van der Waals surface area contributed by atoms with Crippen LogP contribution in [0.4, 0.5) is 0 Å². The second kappa shape index (κ2) is 10.4. The lowest BCUT2D eigenvalue weighted by Gasteiger charge is -2.41. The van der Waals surface area contributed by atoms with Crippen LogP contribution in [0.1, 0.15) is 31.2 Å². The Kier molecular flexibility index (Phi) is 7.15. The molecule has 1 heterocycles. The number of halogens is 1. The second-order valence-electron chi connectivity index (χ2n) is 10.1. The fourth-order valence-electron chi connectivity index (χ4n) is 6.16. The lowest BCUT2D eigenvalue weighted by Crippen LogP contribution is -2.40. The number of allylic oxidation sites excluding steroid dienone is 7. The summed E-state index contributed by atoms with van der Waals surface area (Å²) in [5.74, 6) is -4.32. The zero-order valence-corrected chi connectivity index (χ0v) is 22.6. The van der Waals surface area contributed by atoms with E-state index in [1.165, 1.54) is 19.3 Å². The van der Waals surface area contributed by atoms with E-state index in [0.717, 1.165) is 10.5 Å². The average Bonchev–Trinajstić information content (AvgIpc) is 3.15. The van der Waals surface area contributed by atoms with Crippen molar-refractivity contribution < 1.29 is 38.9 Å². The standard InChI is InChI=1S/C29H26BrNO8/c1-39-23-11-14(5-9-21(23)32)4-6-16-15-7-8-17-26(29(38)31(28(17)37)10-2-3-24(34)35)18(15)12-19-25(16)22(33)13-20(30)27(19)36/h4-7,9,11,13,16-18,26,32H,2-3,8,10,12H2,1H3,(H,34,35). The van der Waals surface area contributed by atoms with Crippen molar-refractivity contribution in [1.82, 2.24) is 4.90 Å². The van der Waals surface area contributed by atoms with Crippen LogP contribution in [0, 0.1) is 23.7 Å². The Morgan fingerprint density at radius 2 is 1.95 bits per heavy atom. The molecule has 39 heavy (non-hydrogen) atoms. The SMILES string of the molecule is COc1cc(C=CC2C3=CCC4C(=O)N(CCCC(=O)O)C(=O)C4C3CC3=C2C(=O)C=C(Br)C3=O)ccc1O. The van der Waals surface area contributed by atoms with Crippen molar-refractivity contribution >= 4 is 51.4 Å². The highest BCUT2D eigenvalue weighted by molar-refractivity contribution is 9.12. The van der Waals surface area contributed by atoms with Crippen molar-refractivity contribution in [2.75, 3.05) is 13.7 Å². The molecular weight excluding hydrogens is 570 g/mol. The molecule has 0 saturated carbocycles. The normalized spacial score (nSPS) is 26.4. The highest BCUT2D eigenvalue weighted by atomic mass is 79.9. The number of ether oxygens (including phenoxy) is 1. The number of nitrogens with zero attached hydrogens (tertiary/aromatic N) is 1. The minimum Gasteiger partial charge on any atom is -0.504 e. The number of fused-ring (bicyclic) bond motifs is 3. The quantitative estimate of drug-likeness (QED) is 0.277. The van der Waals surface area contributed by atoms with Gasteiger partial charge in [-0.1, -0.05) is 29.9 Å². The van der Waals surface area contributed by atoms with Gasteiger partial charge in [0, 0.05) is 36.1 Å². The Hall–Kier alpha value is -3.79. The van der Waals surface area contributed by atoms with Crippen molar-refractivity contribution in [2.45, 2.75) is 25.7 Å². The number of hydrogen-bond donors (Lipinski definition) is 2. The van der Waals surface area contributed by atoms with Crippen LogP contribution in [0.3, 0.4) is 0 Å². The molecule has 202 valence electrons. The molecule has 4 atom stereocenters. The number of carboxylic acids is 1. The first-order valence-corrected chi connectivity index (χ1v) is 13.4. The summed E-state index contributed by atoms with van der Waals surface area (Å²) in [5, 5.41) is 18.9. The van der Waals surface area contributed by atoms with Gasteiger partial charge >= 0.3 is 5.97 Å². The van der Waals surface area contributed by atoms with E-state index in [-0.39, 0.29) is 65.2 Å². The number of Topliss-reactive ketones (excluding diaryl/α,β-unsaturated/α-hetero) is 1. The molecule has 2 N–H and O–H groups in total. The van der Waals surface area contributed by atoms with Crippen LogP contribution < -0.4 is 4.74 Å². The molecule has 1 saturated heterocycles. The summed E-state index contributed by atoms with van der Waals surface area (Å²) in [6.45, 7) is 0.0324. The van der Waals surface area contributed by atoms with E-state index in [2.05, 4.69) is 15.9 Å². The molecule has 2 amide bonds. The van der Waals surface area contributed by atoms with Crippen LogP contribution in [-0.4, -0.2) is 58.1 Å². The summed E-state index contributed by atoms with van der Waals surface area (Å²) in [5.41, 5.74) is 2.21. The van der Waals surface area contributed by atoms with Crippen LogP contribution in [0.15, 0.2) is 57.6 Å². The van der Waals surface area contributed by atoms with Crippen molar-refractivity contribution in [3.05, 3.63) is 63.2 Å².